The molecule has 1 saturated carbocycles. The zero-order chi connectivity index (χ0) is 12.7. The monoisotopic (exact) mass is 246 g/mol. The van der Waals surface area contributed by atoms with E-state index in [2.05, 4.69) is 29.0 Å². The number of hydrogen-bond acceptors (Lipinski definition) is 4. The van der Waals surface area contributed by atoms with Gasteiger partial charge in [0.15, 0.2) is 0 Å². The number of hydrogen-bond donors (Lipinski definition) is 1. The van der Waals surface area contributed by atoms with Crippen LogP contribution >= 0.6 is 0 Å². The van der Waals surface area contributed by atoms with Crippen molar-refractivity contribution < 1.29 is 0 Å². The molecule has 2 aliphatic rings. The Morgan fingerprint density at radius 2 is 2.00 bits per heavy atom. The van der Waals surface area contributed by atoms with Crippen molar-refractivity contribution in [3.8, 4) is 0 Å². The van der Waals surface area contributed by atoms with E-state index in [1.807, 2.05) is 7.05 Å². The first kappa shape index (κ1) is 11.8. The lowest BCUT2D eigenvalue weighted by atomic mass is 10.2. The second-order valence-corrected chi connectivity index (χ2v) is 5.59. The van der Waals surface area contributed by atoms with Gasteiger partial charge in [-0.05, 0) is 39.5 Å². The molecule has 1 N–H and O–H groups in total. The fourth-order valence-corrected chi connectivity index (χ4v) is 2.82. The predicted octanol–water partition coefficient (Wildman–Crippen LogP) is 2.69. The molecule has 2 heterocycles. The van der Waals surface area contributed by atoms with E-state index >= 15 is 0 Å². The van der Waals surface area contributed by atoms with E-state index in [0.29, 0.717) is 12.0 Å². The quantitative estimate of drug-likeness (QED) is 0.890. The molecule has 0 bridgehead atoms. The molecule has 1 aromatic heterocycles. The minimum absolute atomic E-state index is 0.606. The summed E-state index contributed by atoms with van der Waals surface area (Å²) in [4.78, 5) is 12.0. The van der Waals surface area contributed by atoms with Gasteiger partial charge < -0.3 is 10.2 Å². The van der Waals surface area contributed by atoms with E-state index in [9.17, 15) is 0 Å². The smallest absolute Gasteiger partial charge is 0.137 e. The molecule has 3 rings (SSSR count). The average Bonchev–Trinajstić information content (AvgIpc) is 3.13. The Labute approximate surface area is 109 Å². The first-order chi connectivity index (χ1) is 8.70. The first-order valence-electron chi connectivity index (χ1n) is 7.03. The van der Waals surface area contributed by atoms with Gasteiger partial charge in [-0.2, -0.15) is 0 Å². The highest BCUT2D eigenvalue weighted by molar-refractivity contribution is 5.59. The van der Waals surface area contributed by atoms with E-state index < -0.39 is 0 Å². The van der Waals surface area contributed by atoms with Gasteiger partial charge in [0, 0.05) is 31.1 Å². The topological polar surface area (TPSA) is 41.1 Å². The van der Waals surface area contributed by atoms with Crippen LogP contribution in [-0.4, -0.2) is 29.6 Å². The molecule has 4 heteroatoms. The summed E-state index contributed by atoms with van der Waals surface area (Å²) in [6.45, 7) is 5.56. The van der Waals surface area contributed by atoms with Crippen molar-refractivity contribution in [3.05, 3.63) is 11.4 Å². The summed E-state index contributed by atoms with van der Waals surface area (Å²) in [5.41, 5.74) is 1.19. The molecule has 0 aromatic carbocycles. The molecule has 2 fully saturated rings. The summed E-state index contributed by atoms with van der Waals surface area (Å²) in [6.07, 6.45) is 5.05. The minimum Gasteiger partial charge on any atom is -0.373 e. The fraction of sp³-hybridized carbons (Fsp3) is 0.714. The third kappa shape index (κ3) is 1.93. The van der Waals surface area contributed by atoms with Crippen molar-refractivity contribution in [2.45, 2.75) is 51.5 Å². The first-order valence-corrected chi connectivity index (χ1v) is 7.03. The lowest BCUT2D eigenvalue weighted by Gasteiger charge is -2.25. The summed E-state index contributed by atoms with van der Waals surface area (Å²) in [7, 11) is 1.95. The van der Waals surface area contributed by atoms with Gasteiger partial charge in [-0.15, -0.1) is 0 Å². The highest BCUT2D eigenvalue weighted by atomic mass is 15.2. The number of nitrogens with one attached hydrogen (secondary N) is 1. The lowest BCUT2D eigenvalue weighted by Crippen LogP contribution is -2.28. The van der Waals surface area contributed by atoms with Crippen molar-refractivity contribution in [1.29, 1.82) is 0 Å². The maximum Gasteiger partial charge on any atom is 0.137 e. The summed E-state index contributed by atoms with van der Waals surface area (Å²) in [5, 5.41) is 3.22. The lowest BCUT2D eigenvalue weighted by molar-refractivity contribution is 0.719. The summed E-state index contributed by atoms with van der Waals surface area (Å²) >= 11 is 0. The van der Waals surface area contributed by atoms with Crippen LogP contribution in [0.5, 0.6) is 0 Å². The van der Waals surface area contributed by atoms with Crippen LogP contribution in [0.4, 0.5) is 11.6 Å². The highest BCUT2D eigenvalue weighted by Gasteiger charge is 2.30. The van der Waals surface area contributed by atoms with Crippen LogP contribution in [0.15, 0.2) is 0 Å². The molecule has 1 unspecified atom stereocenters. The standard InChI is InChI=1S/C14H22N4/c1-9-5-4-8-18(9)14-10(2)12(15-3)16-13(17-14)11-6-7-11/h9,11H,4-8H2,1-3H3,(H,15,16,17). The number of nitrogens with zero attached hydrogens (tertiary/aromatic N) is 3. The molecule has 1 atom stereocenters. The Bertz CT molecular complexity index is 453. The highest BCUT2D eigenvalue weighted by Crippen LogP contribution is 2.40. The van der Waals surface area contributed by atoms with E-state index in [1.165, 1.54) is 31.2 Å². The molecule has 1 aliphatic heterocycles. The third-order valence-electron chi connectivity index (χ3n) is 4.14. The molecular formula is C14H22N4. The van der Waals surface area contributed by atoms with Crippen molar-refractivity contribution >= 4 is 11.6 Å². The van der Waals surface area contributed by atoms with E-state index in [4.69, 9.17) is 4.98 Å². The van der Waals surface area contributed by atoms with Crippen LogP contribution in [0, 0.1) is 6.92 Å². The van der Waals surface area contributed by atoms with Crippen LogP contribution < -0.4 is 10.2 Å². The fourth-order valence-electron chi connectivity index (χ4n) is 2.82. The maximum absolute atomic E-state index is 4.85. The van der Waals surface area contributed by atoms with Gasteiger partial charge in [0.05, 0.1) is 0 Å². The SMILES string of the molecule is CNc1nc(C2CC2)nc(N2CCCC2C)c1C. The van der Waals surface area contributed by atoms with Crippen LogP contribution in [-0.2, 0) is 0 Å². The van der Waals surface area contributed by atoms with Gasteiger partial charge in [0.2, 0.25) is 0 Å². The molecule has 4 nitrogen and oxygen atoms in total. The summed E-state index contributed by atoms with van der Waals surface area (Å²) in [5.74, 6) is 3.80. The van der Waals surface area contributed by atoms with Gasteiger partial charge in [-0.25, -0.2) is 9.97 Å². The van der Waals surface area contributed by atoms with Crippen LogP contribution in [0.25, 0.3) is 0 Å². The molecule has 98 valence electrons. The number of anilines is 2. The Kier molecular flexibility index (Phi) is 2.88. The molecule has 18 heavy (non-hydrogen) atoms. The average molecular weight is 246 g/mol. The Morgan fingerprint density at radius 1 is 1.22 bits per heavy atom. The van der Waals surface area contributed by atoms with E-state index in [-0.39, 0.29) is 0 Å². The number of rotatable bonds is 3. The van der Waals surface area contributed by atoms with Gasteiger partial charge in [0.25, 0.3) is 0 Å². The maximum atomic E-state index is 4.85. The van der Waals surface area contributed by atoms with Gasteiger partial charge in [-0.1, -0.05) is 0 Å². The van der Waals surface area contributed by atoms with Crippen molar-refractivity contribution in [2.75, 3.05) is 23.8 Å². The zero-order valence-electron chi connectivity index (χ0n) is 11.5. The molecule has 1 saturated heterocycles. The second-order valence-electron chi connectivity index (χ2n) is 5.59. The Hall–Kier alpha value is -1.32. The molecule has 1 aromatic rings. The Morgan fingerprint density at radius 3 is 2.56 bits per heavy atom. The van der Waals surface area contributed by atoms with Crippen molar-refractivity contribution in [2.24, 2.45) is 0 Å². The summed E-state index contributed by atoms with van der Waals surface area (Å²) in [6, 6.07) is 0.607. The van der Waals surface area contributed by atoms with Gasteiger partial charge in [0.1, 0.15) is 17.5 Å². The van der Waals surface area contributed by atoms with Crippen LogP contribution in [0.1, 0.15) is 49.9 Å². The van der Waals surface area contributed by atoms with Crippen LogP contribution in [0.2, 0.25) is 0 Å². The molecule has 0 radical (unpaired) electrons. The summed E-state index contributed by atoms with van der Waals surface area (Å²) < 4.78 is 0. The Balaban J connectivity index is 2.02. The predicted molar refractivity (Wildman–Crippen MR) is 74.3 cm³/mol. The van der Waals surface area contributed by atoms with Crippen molar-refractivity contribution in [1.82, 2.24) is 9.97 Å². The molecule has 0 spiro atoms. The van der Waals surface area contributed by atoms with E-state index in [0.717, 1.165) is 24.0 Å². The molecule has 1 aliphatic carbocycles. The zero-order valence-corrected chi connectivity index (χ0v) is 11.5. The van der Waals surface area contributed by atoms with Crippen LogP contribution in [0.3, 0.4) is 0 Å². The molecular weight excluding hydrogens is 224 g/mol. The van der Waals surface area contributed by atoms with E-state index in [1.54, 1.807) is 0 Å². The number of aromatic nitrogens is 2. The largest absolute Gasteiger partial charge is 0.373 e. The third-order valence-corrected chi connectivity index (χ3v) is 4.14. The van der Waals surface area contributed by atoms with Crippen molar-refractivity contribution in [3.63, 3.8) is 0 Å². The minimum atomic E-state index is 0.606. The van der Waals surface area contributed by atoms with Gasteiger partial charge >= 0.3 is 0 Å². The second kappa shape index (κ2) is 4.41. The van der Waals surface area contributed by atoms with Gasteiger partial charge in [-0.3, -0.25) is 0 Å². The normalized spacial score (nSPS) is 23.5. The molecule has 0 amide bonds.